The molecule has 0 saturated heterocycles. The van der Waals surface area contributed by atoms with E-state index in [1.54, 1.807) is 0 Å². The molecular weight excluding hydrogens is 145 g/mol. The van der Waals surface area contributed by atoms with Crippen LogP contribution in [0.1, 0.15) is 6.92 Å². The first-order valence-electron chi connectivity index (χ1n) is 3.27. The molecule has 3 nitrogen and oxygen atoms in total. The highest BCUT2D eigenvalue weighted by Crippen LogP contribution is 1.98. The lowest BCUT2D eigenvalue weighted by molar-refractivity contribution is 0.626. The van der Waals surface area contributed by atoms with E-state index in [-0.39, 0.29) is 11.6 Å². The Morgan fingerprint density at radius 2 is 2.18 bits per heavy atom. The van der Waals surface area contributed by atoms with Crippen LogP contribution in [0.3, 0.4) is 0 Å². The lowest BCUT2D eigenvalue weighted by Gasteiger charge is -1.87. The summed E-state index contributed by atoms with van der Waals surface area (Å²) in [4.78, 5) is 3.58. The van der Waals surface area contributed by atoms with Gasteiger partial charge in [0.05, 0.1) is 0 Å². The summed E-state index contributed by atoms with van der Waals surface area (Å²) in [7, 11) is 0. The van der Waals surface area contributed by atoms with Gasteiger partial charge >= 0.3 is 0 Å². The zero-order valence-corrected chi connectivity index (χ0v) is 6.42. The number of anilines is 1. The summed E-state index contributed by atoms with van der Waals surface area (Å²) in [5.74, 6) is -0.137. The number of hydrogen-bond donors (Lipinski definition) is 2. The SMILES string of the molecule is CCN.Nc1cc(F)ccn1. The number of aromatic nitrogens is 1. The van der Waals surface area contributed by atoms with Crippen LogP contribution in [0.15, 0.2) is 18.3 Å². The Bertz CT molecular complexity index is 185. The molecule has 0 atom stereocenters. The molecule has 62 valence electrons. The van der Waals surface area contributed by atoms with Crippen LogP contribution < -0.4 is 11.5 Å². The van der Waals surface area contributed by atoms with Gasteiger partial charge in [-0.05, 0) is 12.6 Å². The first kappa shape index (κ1) is 9.84. The molecular formula is C7H12FN3. The quantitative estimate of drug-likeness (QED) is 0.584. The van der Waals surface area contributed by atoms with Crippen molar-refractivity contribution >= 4 is 5.82 Å². The first-order valence-corrected chi connectivity index (χ1v) is 3.27. The molecule has 0 spiro atoms. The summed E-state index contributed by atoms with van der Waals surface area (Å²) >= 11 is 0. The third kappa shape index (κ3) is 5.29. The van der Waals surface area contributed by atoms with Gasteiger partial charge in [-0.3, -0.25) is 0 Å². The summed E-state index contributed by atoms with van der Waals surface area (Å²) in [5, 5.41) is 0. The lowest BCUT2D eigenvalue weighted by atomic mass is 10.4. The highest BCUT2D eigenvalue weighted by Gasteiger charge is 1.86. The van der Waals surface area contributed by atoms with E-state index in [2.05, 4.69) is 4.98 Å². The van der Waals surface area contributed by atoms with E-state index in [9.17, 15) is 4.39 Å². The fraction of sp³-hybridized carbons (Fsp3) is 0.286. The van der Waals surface area contributed by atoms with Crippen LogP contribution in [0.4, 0.5) is 10.2 Å². The van der Waals surface area contributed by atoms with E-state index in [0.717, 1.165) is 6.54 Å². The molecule has 0 aliphatic carbocycles. The van der Waals surface area contributed by atoms with E-state index in [0.29, 0.717) is 0 Å². The molecule has 0 radical (unpaired) electrons. The standard InChI is InChI=1S/C5H5FN2.C2H7N/c6-4-1-2-8-5(7)3-4;1-2-3/h1-3H,(H2,7,8);2-3H2,1H3. The van der Waals surface area contributed by atoms with Gasteiger partial charge in [-0.15, -0.1) is 0 Å². The number of pyridine rings is 1. The van der Waals surface area contributed by atoms with Crippen molar-refractivity contribution in [1.82, 2.24) is 4.98 Å². The molecule has 1 aromatic heterocycles. The summed E-state index contributed by atoms with van der Waals surface area (Å²) in [6.07, 6.45) is 1.32. The van der Waals surface area contributed by atoms with E-state index in [4.69, 9.17) is 11.5 Å². The van der Waals surface area contributed by atoms with E-state index in [1.807, 2.05) is 6.92 Å². The summed E-state index contributed by atoms with van der Waals surface area (Å²) in [5.41, 5.74) is 9.95. The Balaban J connectivity index is 0.000000292. The summed E-state index contributed by atoms with van der Waals surface area (Å²) in [6, 6.07) is 2.41. The largest absolute Gasteiger partial charge is 0.384 e. The minimum Gasteiger partial charge on any atom is -0.384 e. The van der Waals surface area contributed by atoms with E-state index < -0.39 is 0 Å². The smallest absolute Gasteiger partial charge is 0.128 e. The Morgan fingerprint density at radius 1 is 1.64 bits per heavy atom. The second-order valence-corrected chi connectivity index (χ2v) is 1.81. The summed E-state index contributed by atoms with van der Waals surface area (Å²) < 4.78 is 12.0. The zero-order chi connectivity index (χ0) is 8.69. The van der Waals surface area contributed by atoms with Crippen molar-refractivity contribution in [1.29, 1.82) is 0 Å². The van der Waals surface area contributed by atoms with Gasteiger partial charge in [0.15, 0.2) is 0 Å². The number of nitrogens with zero attached hydrogens (tertiary/aromatic N) is 1. The molecule has 0 fully saturated rings. The maximum atomic E-state index is 12.0. The Labute approximate surface area is 65.2 Å². The van der Waals surface area contributed by atoms with Crippen LogP contribution in [-0.2, 0) is 0 Å². The highest BCUT2D eigenvalue weighted by atomic mass is 19.1. The van der Waals surface area contributed by atoms with Crippen molar-refractivity contribution < 1.29 is 4.39 Å². The van der Waals surface area contributed by atoms with Crippen molar-refractivity contribution in [2.45, 2.75) is 6.92 Å². The molecule has 0 aliphatic heterocycles. The first-order chi connectivity index (χ1) is 5.20. The molecule has 4 N–H and O–H groups in total. The molecule has 1 rings (SSSR count). The molecule has 4 heteroatoms. The topological polar surface area (TPSA) is 64.9 Å². The van der Waals surface area contributed by atoms with Crippen LogP contribution in [-0.4, -0.2) is 11.5 Å². The highest BCUT2D eigenvalue weighted by molar-refractivity contribution is 5.26. The fourth-order valence-corrected chi connectivity index (χ4v) is 0.421. The van der Waals surface area contributed by atoms with Gasteiger partial charge in [-0.25, -0.2) is 9.37 Å². The Morgan fingerprint density at radius 3 is 2.45 bits per heavy atom. The van der Waals surface area contributed by atoms with Gasteiger partial charge in [0.2, 0.25) is 0 Å². The number of halogens is 1. The van der Waals surface area contributed by atoms with Crippen LogP contribution in [0.2, 0.25) is 0 Å². The average Bonchev–Trinajstić information content (AvgIpc) is 1.88. The van der Waals surface area contributed by atoms with Crippen molar-refractivity contribution in [3.05, 3.63) is 24.1 Å². The van der Waals surface area contributed by atoms with Crippen LogP contribution in [0, 0.1) is 5.82 Å². The van der Waals surface area contributed by atoms with E-state index >= 15 is 0 Å². The lowest BCUT2D eigenvalue weighted by Crippen LogP contribution is -1.88. The van der Waals surface area contributed by atoms with Gasteiger partial charge in [0.25, 0.3) is 0 Å². The number of rotatable bonds is 0. The van der Waals surface area contributed by atoms with Crippen molar-refractivity contribution in [3.63, 3.8) is 0 Å². The monoisotopic (exact) mass is 157 g/mol. The Kier molecular flexibility index (Phi) is 5.02. The molecule has 0 saturated carbocycles. The zero-order valence-electron chi connectivity index (χ0n) is 6.42. The molecule has 11 heavy (non-hydrogen) atoms. The molecule has 1 aromatic rings. The molecule has 0 unspecified atom stereocenters. The predicted molar refractivity (Wildman–Crippen MR) is 43.3 cm³/mol. The third-order valence-electron chi connectivity index (χ3n) is 0.743. The fourth-order valence-electron chi connectivity index (χ4n) is 0.421. The average molecular weight is 157 g/mol. The molecule has 0 aromatic carbocycles. The Hall–Kier alpha value is -1.16. The second kappa shape index (κ2) is 5.61. The van der Waals surface area contributed by atoms with Gasteiger partial charge in [0, 0.05) is 12.3 Å². The maximum absolute atomic E-state index is 12.0. The van der Waals surface area contributed by atoms with Crippen LogP contribution in [0.5, 0.6) is 0 Å². The molecule has 0 aliphatic rings. The van der Waals surface area contributed by atoms with Crippen LogP contribution in [0.25, 0.3) is 0 Å². The predicted octanol–water partition coefficient (Wildman–Crippen LogP) is 0.768. The minimum absolute atomic E-state index is 0.213. The van der Waals surface area contributed by atoms with Crippen molar-refractivity contribution in [2.24, 2.45) is 5.73 Å². The van der Waals surface area contributed by atoms with Crippen LogP contribution >= 0.6 is 0 Å². The van der Waals surface area contributed by atoms with Crippen molar-refractivity contribution in [3.8, 4) is 0 Å². The molecule has 0 amide bonds. The van der Waals surface area contributed by atoms with Gasteiger partial charge < -0.3 is 11.5 Å². The third-order valence-corrected chi connectivity index (χ3v) is 0.743. The van der Waals surface area contributed by atoms with Crippen molar-refractivity contribution in [2.75, 3.05) is 12.3 Å². The van der Waals surface area contributed by atoms with E-state index in [1.165, 1.54) is 18.3 Å². The normalized spacial score (nSPS) is 8.27. The minimum atomic E-state index is -0.350. The number of hydrogen-bond acceptors (Lipinski definition) is 3. The maximum Gasteiger partial charge on any atom is 0.128 e. The van der Waals surface area contributed by atoms with Gasteiger partial charge in [-0.1, -0.05) is 6.92 Å². The number of nitrogens with two attached hydrogens (primary N) is 2. The summed E-state index contributed by atoms with van der Waals surface area (Å²) in [6.45, 7) is 2.65. The second-order valence-electron chi connectivity index (χ2n) is 1.81. The van der Waals surface area contributed by atoms with Gasteiger partial charge in [0.1, 0.15) is 11.6 Å². The molecule has 1 heterocycles. The van der Waals surface area contributed by atoms with Gasteiger partial charge in [-0.2, -0.15) is 0 Å². The molecule has 0 bridgehead atoms. The number of nitrogen functional groups attached to an aromatic ring is 1.